The molecule has 3 aromatic rings. The highest BCUT2D eigenvalue weighted by atomic mass is 16.6. The van der Waals surface area contributed by atoms with E-state index in [1.165, 1.54) is 18.5 Å². The summed E-state index contributed by atoms with van der Waals surface area (Å²) in [4.78, 5) is 18.5. The number of nitro groups is 1. The van der Waals surface area contributed by atoms with Crippen LogP contribution >= 0.6 is 0 Å². The second kappa shape index (κ2) is 7.36. The van der Waals surface area contributed by atoms with Gasteiger partial charge in [0.2, 0.25) is 5.88 Å². The molecule has 24 heavy (non-hydrogen) atoms. The number of nitro benzene ring substituents is 1. The van der Waals surface area contributed by atoms with Crippen molar-refractivity contribution in [2.24, 2.45) is 0 Å². The number of benzene rings is 2. The summed E-state index contributed by atoms with van der Waals surface area (Å²) in [5.41, 5.74) is 0.881. The molecule has 2 aromatic carbocycles. The molecule has 0 aliphatic rings. The van der Waals surface area contributed by atoms with E-state index in [4.69, 9.17) is 9.47 Å². The molecule has 7 nitrogen and oxygen atoms in total. The summed E-state index contributed by atoms with van der Waals surface area (Å²) in [5, 5.41) is 11.4. The van der Waals surface area contributed by atoms with Gasteiger partial charge in [0, 0.05) is 18.6 Å². The summed E-state index contributed by atoms with van der Waals surface area (Å²) in [6, 6.07) is 13.6. The highest BCUT2D eigenvalue weighted by Crippen LogP contribution is 2.21. The lowest BCUT2D eigenvalue weighted by atomic mass is 10.2. The Balaban J connectivity index is 1.47. The molecule has 0 spiro atoms. The first kappa shape index (κ1) is 15.7. The average Bonchev–Trinajstić information content (AvgIpc) is 2.62. The van der Waals surface area contributed by atoms with Crippen molar-refractivity contribution in [2.45, 2.75) is 6.42 Å². The Kier molecular flexibility index (Phi) is 4.81. The molecule has 0 aliphatic heterocycles. The molecule has 0 saturated carbocycles. The SMILES string of the molecule is O=[N+]([O-])c1ccc(OCCCOc2ncnc3ccccc23)cc1. The summed E-state index contributed by atoms with van der Waals surface area (Å²) < 4.78 is 11.2. The molecule has 1 heterocycles. The van der Waals surface area contributed by atoms with Gasteiger partial charge in [0.1, 0.15) is 12.1 Å². The van der Waals surface area contributed by atoms with Gasteiger partial charge in [-0.2, -0.15) is 0 Å². The van der Waals surface area contributed by atoms with E-state index in [-0.39, 0.29) is 5.69 Å². The van der Waals surface area contributed by atoms with Gasteiger partial charge in [0.05, 0.1) is 29.0 Å². The van der Waals surface area contributed by atoms with Gasteiger partial charge in [0.15, 0.2) is 0 Å². The van der Waals surface area contributed by atoms with Crippen molar-refractivity contribution in [1.29, 1.82) is 0 Å². The van der Waals surface area contributed by atoms with Crippen LogP contribution in [0.1, 0.15) is 6.42 Å². The van der Waals surface area contributed by atoms with Gasteiger partial charge in [-0.05, 0) is 24.3 Å². The number of fused-ring (bicyclic) bond motifs is 1. The number of nitrogens with zero attached hydrogens (tertiary/aromatic N) is 3. The van der Waals surface area contributed by atoms with Gasteiger partial charge in [-0.15, -0.1) is 0 Å². The van der Waals surface area contributed by atoms with E-state index < -0.39 is 4.92 Å². The van der Waals surface area contributed by atoms with Gasteiger partial charge >= 0.3 is 0 Å². The molecule has 0 saturated heterocycles. The Morgan fingerprint density at radius 1 is 0.958 bits per heavy atom. The lowest BCUT2D eigenvalue weighted by Crippen LogP contribution is -2.06. The summed E-state index contributed by atoms with van der Waals surface area (Å²) in [6.07, 6.45) is 2.14. The number of hydrogen-bond donors (Lipinski definition) is 0. The quantitative estimate of drug-likeness (QED) is 0.376. The fourth-order valence-electron chi connectivity index (χ4n) is 2.18. The van der Waals surface area contributed by atoms with Crippen LogP contribution in [-0.4, -0.2) is 28.1 Å². The summed E-state index contributed by atoms with van der Waals surface area (Å²) >= 11 is 0. The molecule has 0 fully saturated rings. The van der Waals surface area contributed by atoms with Crippen LogP contribution in [0.4, 0.5) is 5.69 Å². The third-order valence-corrected chi connectivity index (χ3v) is 3.35. The topological polar surface area (TPSA) is 87.4 Å². The minimum atomic E-state index is -0.441. The number of para-hydroxylation sites is 1. The Morgan fingerprint density at radius 3 is 2.50 bits per heavy atom. The van der Waals surface area contributed by atoms with Gasteiger partial charge in [0.25, 0.3) is 5.69 Å². The van der Waals surface area contributed by atoms with E-state index in [2.05, 4.69) is 9.97 Å². The normalized spacial score (nSPS) is 10.5. The third-order valence-electron chi connectivity index (χ3n) is 3.35. The molecule has 0 amide bonds. The zero-order valence-electron chi connectivity index (χ0n) is 12.8. The zero-order valence-corrected chi connectivity index (χ0v) is 12.8. The van der Waals surface area contributed by atoms with Crippen molar-refractivity contribution in [1.82, 2.24) is 9.97 Å². The highest BCUT2D eigenvalue weighted by molar-refractivity contribution is 5.82. The van der Waals surface area contributed by atoms with Gasteiger partial charge < -0.3 is 9.47 Å². The first-order valence-electron chi connectivity index (χ1n) is 7.44. The predicted octanol–water partition coefficient (Wildman–Crippen LogP) is 3.39. The molecule has 0 N–H and O–H groups in total. The van der Waals surface area contributed by atoms with E-state index in [0.29, 0.717) is 31.3 Å². The van der Waals surface area contributed by atoms with E-state index in [1.807, 2.05) is 24.3 Å². The molecule has 0 atom stereocenters. The molecule has 122 valence electrons. The predicted molar refractivity (Wildman–Crippen MR) is 88.2 cm³/mol. The number of aromatic nitrogens is 2. The highest BCUT2D eigenvalue weighted by Gasteiger charge is 2.05. The Bertz CT molecular complexity index is 831. The van der Waals surface area contributed by atoms with E-state index in [9.17, 15) is 10.1 Å². The minimum Gasteiger partial charge on any atom is -0.493 e. The van der Waals surface area contributed by atoms with Crippen LogP contribution in [0.5, 0.6) is 11.6 Å². The van der Waals surface area contributed by atoms with Crippen LogP contribution in [-0.2, 0) is 0 Å². The maximum atomic E-state index is 10.6. The lowest BCUT2D eigenvalue weighted by molar-refractivity contribution is -0.384. The van der Waals surface area contributed by atoms with Crippen LogP contribution < -0.4 is 9.47 Å². The van der Waals surface area contributed by atoms with Crippen molar-refractivity contribution in [2.75, 3.05) is 13.2 Å². The monoisotopic (exact) mass is 325 g/mol. The van der Waals surface area contributed by atoms with Gasteiger partial charge in [-0.1, -0.05) is 12.1 Å². The zero-order chi connectivity index (χ0) is 16.8. The third kappa shape index (κ3) is 3.75. The van der Waals surface area contributed by atoms with Gasteiger partial charge in [-0.25, -0.2) is 9.97 Å². The molecular weight excluding hydrogens is 310 g/mol. The van der Waals surface area contributed by atoms with Gasteiger partial charge in [-0.3, -0.25) is 10.1 Å². The molecule has 0 bridgehead atoms. The van der Waals surface area contributed by atoms with Crippen molar-refractivity contribution < 1.29 is 14.4 Å². The lowest BCUT2D eigenvalue weighted by Gasteiger charge is -2.08. The minimum absolute atomic E-state index is 0.0429. The Labute approximate surface area is 138 Å². The summed E-state index contributed by atoms with van der Waals surface area (Å²) in [7, 11) is 0. The van der Waals surface area contributed by atoms with Crippen molar-refractivity contribution in [3.8, 4) is 11.6 Å². The Morgan fingerprint density at radius 2 is 1.71 bits per heavy atom. The maximum Gasteiger partial charge on any atom is 0.269 e. The van der Waals surface area contributed by atoms with E-state index in [1.54, 1.807) is 12.1 Å². The average molecular weight is 325 g/mol. The molecule has 7 heteroatoms. The number of non-ortho nitro benzene ring substituents is 1. The fourth-order valence-corrected chi connectivity index (χ4v) is 2.18. The van der Waals surface area contributed by atoms with E-state index >= 15 is 0 Å². The fraction of sp³-hybridized carbons (Fsp3) is 0.176. The number of hydrogen-bond acceptors (Lipinski definition) is 6. The molecular formula is C17H15N3O4. The second-order valence-electron chi connectivity index (χ2n) is 5.00. The molecule has 3 rings (SSSR count). The first-order valence-corrected chi connectivity index (χ1v) is 7.44. The molecule has 0 radical (unpaired) electrons. The summed E-state index contributed by atoms with van der Waals surface area (Å²) in [6.45, 7) is 0.898. The second-order valence-corrected chi connectivity index (χ2v) is 5.00. The van der Waals surface area contributed by atoms with Crippen LogP contribution in [0, 0.1) is 10.1 Å². The largest absolute Gasteiger partial charge is 0.493 e. The molecule has 0 unspecified atom stereocenters. The van der Waals surface area contributed by atoms with Crippen LogP contribution in [0.15, 0.2) is 54.9 Å². The number of rotatable bonds is 7. The summed E-state index contributed by atoms with van der Waals surface area (Å²) in [5.74, 6) is 1.14. The van der Waals surface area contributed by atoms with Crippen LogP contribution in [0.3, 0.4) is 0 Å². The maximum absolute atomic E-state index is 10.6. The Hall–Kier alpha value is -3.22. The first-order chi connectivity index (χ1) is 11.7. The molecule has 0 aliphatic carbocycles. The van der Waals surface area contributed by atoms with Crippen LogP contribution in [0.25, 0.3) is 10.9 Å². The standard InChI is InChI=1S/C17H15N3O4/c21-20(22)13-6-8-14(9-7-13)23-10-3-11-24-17-15-4-1-2-5-16(15)18-12-19-17/h1-2,4-9,12H,3,10-11H2. The van der Waals surface area contributed by atoms with E-state index in [0.717, 1.165) is 10.9 Å². The van der Waals surface area contributed by atoms with Crippen molar-refractivity contribution in [3.05, 3.63) is 65.0 Å². The smallest absolute Gasteiger partial charge is 0.269 e. The van der Waals surface area contributed by atoms with Crippen molar-refractivity contribution >= 4 is 16.6 Å². The molecule has 1 aromatic heterocycles. The number of ether oxygens (including phenoxy) is 2. The van der Waals surface area contributed by atoms with Crippen molar-refractivity contribution in [3.63, 3.8) is 0 Å². The van der Waals surface area contributed by atoms with Crippen LogP contribution in [0.2, 0.25) is 0 Å².